The molecule has 0 saturated carbocycles. The summed E-state index contributed by atoms with van der Waals surface area (Å²) < 4.78 is 5.45. The first-order chi connectivity index (χ1) is 10.3. The Kier molecular flexibility index (Phi) is 7.07. The largest absolute Gasteiger partial charge is 1.00 e. The zero-order valence-electron chi connectivity index (χ0n) is 14.1. The predicted molar refractivity (Wildman–Crippen MR) is 79.3 cm³/mol. The van der Waals surface area contributed by atoms with Gasteiger partial charge in [0.2, 0.25) is 0 Å². The van der Waals surface area contributed by atoms with E-state index in [4.69, 9.17) is 4.74 Å². The Morgan fingerprint density at radius 1 is 1.26 bits per heavy atom. The van der Waals surface area contributed by atoms with Crippen molar-refractivity contribution in [2.24, 2.45) is 0 Å². The number of carbonyl (C=O) groups excluding carboxylic acids is 2. The fraction of sp³-hybridized carbons (Fsp3) is 0.500. The third-order valence-electron chi connectivity index (χ3n) is 3.40. The van der Waals surface area contributed by atoms with Crippen LogP contribution in [0.2, 0.25) is 0 Å². The van der Waals surface area contributed by atoms with Crippen molar-refractivity contribution < 1.29 is 49.0 Å². The Labute approximate surface area is 158 Å². The van der Waals surface area contributed by atoms with Gasteiger partial charge in [0, 0.05) is 19.6 Å². The summed E-state index contributed by atoms with van der Waals surface area (Å²) in [6.07, 6.45) is -0.358. The van der Waals surface area contributed by atoms with Crippen molar-refractivity contribution in [3.63, 3.8) is 0 Å². The topological polar surface area (TPSA) is 81.7 Å². The third-order valence-corrected chi connectivity index (χ3v) is 3.40. The zero-order valence-corrected chi connectivity index (χ0v) is 16.1. The fourth-order valence-electron chi connectivity index (χ4n) is 2.38. The molecule has 0 spiro atoms. The smallest absolute Gasteiger partial charge is 0.545 e. The van der Waals surface area contributed by atoms with E-state index in [1.807, 2.05) is 20.8 Å². The molecule has 1 atom stereocenters. The molecule has 0 aliphatic carbocycles. The zero-order chi connectivity index (χ0) is 16.3. The number of ether oxygens (including phenoxy) is 1. The van der Waals surface area contributed by atoms with Gasteiger partial charge in [0.05, 0.1) is 12.0 Å². The van der Waals surface area contributed by atoms with E-state index >= 15 is 0 Å². The Morgan fingerprint density at radius 2 is 1.87 bits per heavy atom. The minimum atomic E-state index is -1.21. The summed E-state index contributed by atoms with van der Waals surface area (Å²) in [4.78, 5) is 24.8. The number of hydrogen-bond donors (Lipinski definition) is 1. The van der Waals surface area contributed by atoms with Crippen LogP contribution in [0.4, 0.5) is 4.79 Å². The van der Waals surface area contributed by atoms with E-state index in [1.165, 1.54) is 12.1 Å². The van der Waals surface area contributed by atoms with Crippen molar-refractivity contribution in [2.75, 3.05) is 19.6 Å². The number of amides is 1. The van der Waals surface area contributed by atoms with E-state index in [9.17, 15) is 14.7 Å². The van der Waals surface area contributed by atoms with Crippen LogP contribution in [-0.2, 0) is 4.74 Å². The normalized spacial score (nSPS) is 18.0. The summed E-state index contributed by atoms with van der Waals surface area (Å²) in [6.45, 7) is 7.34. The summed E-state index contributed by atoms with van der Waals surface area (Å²) in [5, 5.41) is 14.1. The number of piperazine rings is 1. The number of hydrogen-bond acceptors (Lipinski definition) is 5. The summed E-state index contributed by atoms with van der Waals surface area (Å²) >= 11 is 0. The summed E-state index contributed by atoms with van der Waals surface area (Å²) in [6, 6.07) is 6.22. The van der Waals surface area contributed by atoms with Gasteiger partial charge >= 0.3 is 35.7 Å². The molecular formula is C16H21N2NaO4. The van der Waals surface area contributed by atoms with Gasteiger partial charge in [-0.15, -0.1) is 0 Å². The molecule has 0 aromatic heterocycles. The van der Waals surface area contributed by atoms with Crippen LogP contribution in [0.25, 0.3) is 0 Å². The van der Waals surface area contributed by atoms with Gasteiger partial charge in [-0.25, -0.2) is 4.79 Å². The fourth-order valence-corrected chi connectivity index (χ4v) is 2.38. The molecule has 120 valence electrons. The predicted octanol–water partition coefficient (Wildman–Crippen LogP) is -2.06. The third kappa shape index (κ3) is 5.49. The SMILES string of the molecule is CC(C)(C)OC(=O)N1CCNCC1c1ccc(C(=O)[O-])cc1.[Na+]. The van der Waals surface area contributed by atoms with E-state index in [-0.39, 0.29) is 47.3 Å². The number of aromatic carboxylic acids is 1. The van der Waals surface area contributed by atoms with Gasteiger partial charge in [0.25, 0.3) is 0 Å². The molecule has 1 aromatic carbocycles. The number of carboxylic acid groups (broad SMARTS) is 1. The van der Waals surface area contributed by atoms with Crippen molar-refractivity contribution in [3.05, 3.63) is 35.4 Å². The Morgan fingerprint density at radius 3 is 2.39 bits per heavy atom. The van der Waals surface area contributed by atoms with Crippen LogP contribution in [0, 0.1) is 0 Å². The molecule has 23 heavy (non-hydrogen) atoms. The van der Waals surface area contributed by atoms with Crippen LogP contribution in [0.1, 0.15) is 42.7 Å². The summed E-state index contributed by atoms with van der Waals surface area (Å²) in [5.41, 5.74) is 0.435. The van der Waals surface area contributed by atoms with Crippen molar-refractivity contribution in [2.45, 2.75) is 32.4 Å². The molecule has 2 rings (SSSR count). The van der Waals surface area contributed by atoms with Crippen LogP contribution in [0.5, 0.6) is 0 Å². The molecule has 1 aliphatic rings. The molecule has 1 aromatic rings. The van der Waals surface area contributed by atoms with Gasteiger partial charge in [-0.1, -0.05) is 24.3 Å². The molecule has 1 unspecified atom stereocenters. The first-order valence-electron chi connectivity index (χ1n) is 7.29. The van der Waals surface area contributed by atoms with Crippen LogP contribution < -0.4 is 40.0 Å². The number of nitrogens with one attached hydrogen (secondary N) is 1. The van der Waals surface area contributed by atoms with Crippen molar-refractivity contribution in [1.82, 2.24) is 10.2 Å². The number of rotatable bonds is 2. The molecule has 6 nitrogen and oxygen atoms in total. The van der Waals surface area contributed by atoms with Crippen molar-refractivity contribution in [3.8, 4) is 0 Å². The Balaban J connectivity index is 0.00000264. The summed E-state index contributed by atoms with van der Waals surface area (Å²) in [5.74, 6) is -1.21. The molecule has 1 heterocycles. The van der Waals surface area contributed by atoms with Crippen LogP contribution >= 0.6 is 0 Å². The number of nitrogens with zero attached hydrogens (tertiary/aromatic N) is 1. The molecule has 7 heteroatoms. The number of benzene rings is 1. The van der Waals surface area contributed by atoms with Crippen LogP contribution in [-0.4, -0.2) is 42.2 Å². The van der Waals surface area contributed by atoms with Crippen LogP contribution in [0.3, 0.4) is 0 Å². The van der Waals surface area contributed by atoms with Crippen LogP contribution in [0.15, 0.2) is 24.3 Å². The average molecular weight is 328 g/mol. The second-order valence-electron chi connectivity index (χ2n) is 6.30. The van der Waals surface area contributed by atoms with Gasteiger partial charge in [0.15, 0.2) is 0 Å². The Hall–Kier alpha value is -1.08. The van der Waals surface area contributed by atoms with E-state index in [0.717, 1.165) is 5.56 Å². The number of carbonyl (C=O) groups is 2. The molecule has 1 aliphatic heterocycles. The van der Waals surface area contributed by atoms with E-state index in [0.29, 0.717) is 19.6 Å². The maximum atomic E-state index is 12.3. The molecule has 1 saturated heterocycles. The standard InChI is InChI=1S/C16H22N2O4.Na/c1-16(2,3)22-15(21)18-9-8-17-10-13(18)11-4-6-12(7-5-11)14(19)20;/h4-7,13,17H,8-10H2,1-3H3,(H,19,20);/q;+1/p-1. The van der Waals surface area contributed by atoms with Gasteiger partial charge in [-0.05, 0) is 31.9 Å². The molecule has 0 bridgehead atoms. The molecule has 1 N–H and O–H groups in total. The van der Waals surface area contributed by atoms with E-state index in [2.05, 4.69) is 5.32 Å². The van der Waals surface area contributed by atoms with Crippen molar-refractivity contribution >= 4 is 12.1 Å². The molecular weight excluding hydrogens is 307 g/mol. The maximum absolute atomic E-state index is 12.3. The molecule has 0 radical (unpaired) electrons. The first-order valence-corrected chi connectivity index (χ1v) is 7.29. The maximum Gasteiger partial charge on any atom is 1.00 e. The van der Waals surface area contributed by atoms with Gasteiger partial charge in [-0.3, -0.25) is 4.90 Å². The number of carboxylic acids is 1. The Bertz CT molecular complexity index is 554. The van der Waals surface area contributed by atoms with Gasteiger partial charge in [-0.2, -0.15) is 0 Å². The molecule has 1 fully saturated rings. The van der Waals surface area contributed by atoms with Gasteiger partial charge < -0.3 is 20.0 Å². The quantitative estimate of drug-likeness (QED) is 0.631. The molecule has 1 amide bonds. The monoisotopic (exact) mass is 328 g/mol. The minimum absolute atomic E-state index is 0. The second kappa shape index (κ2) is 8.15. The second-order valence-corrected chi connectivity index (χ2v) is 6.30. The van der Waals surface area contributed by atoms with E-state index in [1.54, 1.807) is 17.0 Å². The minimum Gasteiger partial charge on any atom is -0.545 e. The summed E-state index contributed by atoms with van der Waals surface area (Å²) in [7, 11) is 0. The average Bonchev–Trinajstić information content (AvgIpc) is 2.45. The van der Waals surface area contributed by atoms with Crippen molar-refractivity contribution in [1.29, 1.82) is 0 Å². The van der Waals surface area contributed by atoms with Gasteiger partial charge in [0.1, 0.15) is 5.60 Å². The van der Waals surface area contributed by atoms with E-state index < -0.39 is 11.6 Å². The first kappa shape index (κ1) is 20.0.